The van der Waals surface area contributed by atoms with Crippen LogP contribution in [0, 0.1) is 0 Å². The average molecular weight is 433 g/mol. The molecular formula is C24H28N6O2. The molecule has 2 heterocycles. The number of pyridine rings is 2. The van der Waals surface area contributed by atoms with Crippen LogP contribution in [0.25, 0.3) is 0 Å². The molecule has 32 heavy (non-hydrogen) atoms. The zero-order valence-corrected chi connectivity index (χ0v) is 17.9. The predicted octanol–water partition coefficient (Wildman–Crippen LogP) is 3.71. The molecule has 0 unspecified atom stereocenters. The second-order valence-electron chi connectivity index (χ2n) is 7.31. The van der Waals surface area contributed by atoms with Gasteiger partial charge in [0.1, 0.15) is 5.82 Å². The Morgan fingerprint density at radius 1 is 0.812 bits per heavy atom. The fourth-order valence-electron chi connectivity index (χ4n) is 3.06. The summed E-state index contributed by atoms with van der Waals surface area (Å²) in [5.41, 5.74) is 8.00. The predicted molar refractivity (Wildman–Crippen MR) is 127 cm³/mol. The van der Waals surface area contributed by atoms with Gasteiger partial charge in [-0.2, -0.15) is 0 Å². The Morgan fingerprint density at radius 3 is 2.31 bits per heavy atom. The second kappa shape index (κ2) is 12.0. The Labute approximate surface area is 187 Å². The summed E-state index contributed by atoms with van der Waals surface area (Å²) in [4.78, 5) is 32.5. The number of amides is 2. The van der Waals surface area contributed by atoms with Gasteiger partial charge in [0.15, 0.2) is 0 Å². The van der Waals surface area contributed by atoms with Gasteiger partial charge in [-0.1, -0.05) is 25.0 Å². The van der Waals surface area contributed by atoms with Gasteiger partial charge < -0.3 is 21.7 Å². The van der Waals surface area contributed by atoms with Crippen LogP contribution < -0.4 is 21.7 Å². The van der Waals surface area contributed by atoms with E-state index in [-0.39, 0.29) is 11.8 Å². The van der Waals surface area contributed by atoms with Gasteiger partial charge in [-0.25, -0.2) is 4.98 Å². The number of carbonyl (C=O) groups is 2. The third-order valence-corrected chi connectivity index (χ3v) is 4.85. The number of nitrogens with zero attached hydrogens (tertiary/aromatic N) is 2. The van der Waals surface area contributed by atoms with Crippen LogP contribution in [-0.2, 0) is 0 Å². The molecule has 2 amide bonds. The quantitative estimate of drug-likeness (QED) is 0.271. The molecule has 2 aromatic heterocycles. The van der Waals surface area contributed by atoms with Crippen LogP contribution in [0.1, 0.15) is 46.4 Å². The van der Waals surface area contributed by atoms with E-state index in [1.54, 1.807) is 55.0 Å². The number of nitrogens with two attached hydrogens (primary N) is 1. The fraction of sp³-hybridized carbons (Fsp3) is 0.250. The second-order valence-corrected chi connectivity index (χ2v) is 7.31. The van der Waals surface area contributed by atoms with Gasteiger partial charge in [-0.3, -0.25) is 14.6 Å². The fourth-order valence-corrected chi connectivity index (χ4v) is 3.06. The normalized spacial score (nSPS) is 10.4. The lowest BCUT2D eigenvalue weighted by molar-refractivity contribution is 0.0951. The summed E-state index contributed by atoms with van der Waals surface area (Å²) in [5, 5.41) is 8.95. The average Bonchev–Trinajstić information content (AvgIpc) is 2.83. The number of unbranched alkanes of at least 4 members (excludes halogenated alkanes) is 3. The first kappa shape index (κ1) is 22.7. The molecule has 3 rings (SSSR count). The van der Waals surface area contributed by atoms with Gasteiger partial charge in [0, 0.05) is 31.7 Å². The highest BCUT2D eigenvalue weighted by molar-refractivity contribution is 6.05. The molecule has 0 fully saturated rings. The molecule has 8 nitrogen and oxygen atoms in total. The number of nitrogens with one attached hydrogen (secondary N) is 3. The van der Waals surface area contributed by atoms with Crippen molar-refractivity contribution >= 4 is 29.0 Å². The highest BCUT2D eigenvalue weighted by Gasteiger charge is 2.08. The lowest BCUT2D eigenvalue weighted by Crippen LogP contribution is -2.24. The van der Waals surface area contributed by atoms with Crippen molar-refractivity contribution in [3.8, 4) is 0 Å². The van der Waals surface area contributed by atoms with Crippen molar-refractivity contribution in [3.63, 3.8) is 0 Å². The van der Waals surface area contributed by atoms with E-state index in [4.69, 9.17) is 5.73 Å². The zero-order valence-electron chi connectivity index (χ0n) is 17.9. The van der Waals surface area contributed by atoms with Gasteiger partial charge in [-0.15, -0.1) is 0 Å². The maximum atomic E-state index is 12.3. The van der Waals surface area contributed by atoms with Crippen molar-refractivity contribution in [1.82, 2.24) is 15.3 Å². The van der Waals surface area contributed by atoms with Crippen LogP contribution in [-0.4, -0.2) is 34.9 Å². The summed E-state index contributed by atoms with van der Waals surface area (Å²) in [6.07, 6.45) is 8.76. The van der Waals surface area contributed by atoms with Crippen LogP contribution in [0.5, 0.6) is 0 Å². The third-order valence-electron chi connectivity index (χ3n) is 4.85. The molecule has 8 heteroatoms. The molecule has 0 bridgehead atoms. The minimum Gasteiger partial charge on any atom is -0.397 e. The number of hydrogen-bond donors (Lipinski definition) is 4. The largest absolute Gasteiger partial charge is 0.397 e. The number of nitrogen functional groups attached to an aromatic ring is 1. The molecule has 0 atom stereocenters. The van der Waals surface area contributed by atoms with Crippen molar-refractivity contribution in [2.75, 3.05) is 29.5 Å². The number of benzene rings is 1. The van der Waals surface area contributed by atoms with Crippen molar-refractivity contribution in [2.45, 2.75) is 25.7 Å². The first-order valence-electron chi connectivity index (χ1n) is 10.7. The Bertz CT molecular complexity index is 1010. The van der Waals surface area contributed by atoms with Crippen LogP contribution >= 0.6 is 0 Å². The molecule has 1 aromatic carbocycles. The first-order valence-corrected chi connectivity index (χ1v) is 10.7. The molecular weight excluding hydrogens is 404 g/mol. The topological polar surface area (TPSA) is 122 Å². The minimum absolute atomic E-state index is 0.0878. The smallest absolute Gasteiger partial charge is 0.257 e. The van der Waals surface area contributed by atoms with Gasteiger partial charge >= 0.3 is 0 Å². The first-order chi connectivity index (χ1) is 15.6. The molecule has 5 N–H and O–H groups in total. The summed E-state index contributed by atoms with van der Waals surface area (Å²) in [6, 6.07) is 14.1. The lowest BCUT2D eigenvalue weighted by Gasteiger charge is -2.09. The Morgan fingerprint density at radius 2 is 1.59 bits per heavy atom. The van der Waals surface area contributed by atoms with Crippen LogP contribution in [0.4, 0.5) is 17.2 Å². The highest BCUT2D eigenvalue weighted by atomic mass is 16.2. The number of para-hydroxylation sites is 2. The monoisotopic (exact) mass is 432 g/mol. The van der Waals surface area contributed by atoms with Crippen molar-refractivity contribution in [2.24, 2.45) is 0 Å². The standard InChI is InChI=1S/C24H28N6O2/c25-20-9-3-4-10-21(20)30-24(32)19-11-12-22(29-17-19)27-14-5-1-2-6-15-28-23(31)18-8-7-13-26-16-18/h3-4,7-13,16-17H,1-2,5-6,14-15,25H2,(H,27,29)(H,28,31)(H,30,32). The van der Waals surface area contributed by atoms with Crippen LogP contribution in [0.2, 0.25) is 0 Å². The zero-order chi connectivity index (χ0) is 22.6. The van der Waals surface area contributed by atoms with E-state index in [0.717, 1.165) is 38.0 Å². The molecule has 3 aromatic rings. The van der Waals surface area contributed by atoms with E-state index >= 15 is 0 Å². The van der Waals surface area contributed by atoms with E-state index in [1.807, 2.05) is 12.1 Å². The lowest BCUT2D eigenvalue weighted by atomic mass is 10.2. The van der Waals surface area contributed by atoms with E-state index in [2.05, 4.69) is 25.9 Å². The third kappa shape index (κ3) is 7.09. The number of anilines is 3. The van der Waals surface area contributed by atoms with Crippen LogP contribution in [0.3, 0.4) is 0 Å². The van der Waals surface area contributed by atoms with E-state index in [9.17, 15) is 9.59 Å². The molecule has 0 aliphatic heterocycles. The maximum Gasteiger partial charge on any atom is 0.257 e. The van der Waals surface area contributed by atoms with E-state index < -0.39 is 0 Å². The van der Waals surface area contributed by atoms with Crippen molar-refractivity contribution in [1.29, 1.82) is 0 Å². The minimum atomic E-state index is -0.252. The molecule has 0 saturated heterocycles. The van der Waals surface area contributed by atoms with E-state index in [0.29, 0.717) is 29.0 Å². The summed E-state index contributed by atoms with van der Waals surface area (Å²) in [6.45, 7) is 1.45. The molecule has 0 aliphatic rings. The van der Waals surface area contributed by atoms with Crippen molar-refractivity contribution < 1.29 is 9.59 Å². The van der Waals surface area contributed by atoms with Gasteiger partial charge in [-0.05, 0) is 49.2 Å². The molecule has 166 valence electrons. The SMILES string of the molecule is Nc1ccccc1NC(=O)c1ccc(NCCCCCCNC(=O)c2cccnc2)nc1. The summed E-state index contributed by atoms with van der Waals surface area (Å²) < 4.78 is 0. The van der Waals surface area contributed by atoms with Gasteiger partial charge in [0.05, 0.1) is 22.5 Å². The maximum absolute atomic E-state index is 12.3. The Hall–Kier alpha value is -3.94. The molecule has 0 radical (unpaired) electrons. The molecule has 0 spiro atoms. The highest BCUT2D eigenvalue weighted by Crippen LogP contribution is 2.18. The van der Waals surface area contributed by atoms with Gasteiger partial charge in [0.2, 0.25) is 0 Å². The summed E-state index contributed by atoms with van der Waals surface area (Å²) in [7, 11) is 0. The number of carbonyl (C=O) groups excluding carboxylic acids is 2. The molecule has 0 saturated carbocycles. The Kier molecular flexibility index (Phi) is 8.56. The summed E-state index contributed by atoms with van der Waals surface area (Å²) >= 11 is 0. The molecule has 0 aliphatic carbocycles. The van der Waals surface area contributed by atoms with Crippen LogP contribution in [0.15, 0.2) is 67.1 Å². The number of hydrogen-bond acceptors (Lipinski definition) is 6. The van der Waals surface area contributed by atoms with E-state index in [1.165, 1.54) is 0 Å². The van der Waals surface area contributed by atoms with Gasteiger partial charge in [0.25, 0.3) is 11.8 Å². The summed E-state index contributed by atoms with van der Waals surface area (Å²) in [5.74, 6) is 0.386. The number of aromatic nitrogens is 2. The number of rotatable bonds is 11. The Balaban J connectivity index is 1.28. The van der Waals surface area contributed by atoms with Crippen molar-refractivity contribution in [3.05, 3.63) is 78.2 Å².